The number of nitrogens with two attached hydrogens (primary N) is 1. The topological polar surface area (TPSA) is 69.2 Å². The molecule has 0 radical (unpaired) electrons. The summed E-state index contributed by atoms with van der Waals surface area (Å²) in [7, 11) is 0. The molecule has 0 saturated carbocycles. The molecule has 1 unspecified atom stereocenters. The molecule has 0 bridgehead atoms. The summed E-state index contributed by atoms with van der Waals surface area (Å²) < 4.78 is 0. The Morgan fingerprint density at radius 2 is 1.79 bits per heavy atom. The van der Waals surface area contributed by atoms with E-state index in [-0.39, 0.29) is 16.7 Å². The Labute approximate surface area is 115 Å². The van der Waals surface area contributed by atoms with Crippen molar-refractivity contribution in [1.82, 2.24) is 0 Å². The van der Waals surface area contributed by atoms with Gasteiger partial charge < -0.3 is 5.73 Å². The number of hydrogen-bond donors (Lipinski definition) is 1. The molecule has 19 heavy (non-hydrogen) atoms. The van der Waals surface area contributed by atoms with Gasteiger partial charge in [-0.2, -0.15) is 0 Å². The maximum atomic E-state index is 11.0. The third-order valence-corrected chi connectivity index (χ3v) is 3.57. The van der Waals surface area contributed by atoms with Crippen LogP contribution in [0.3, 0.4) is 0 Å². The average molecular weight is 264 g/mol. The largest absolute Gasteiger partial charge is 0.327 e. The third kappa shape index (κ3) is 4.63. The van der Waals surface area contributed by atoms with Gasteiger partial charge in [-0.1, -0.05) is 44.9 Å². The lowest BCUT2D eigenvalue weighted by molar-refractivity contribution is -0.385. The van der Waals surface area contributed by atoms with E-state index >= 15 is 0 Å². The van der Waals surface area contributed by atoms with Crippen LogP contribution in [0.25, 0.3) is 0 Å². The van der Waals surface area contributed by atoms with Gasteiger partial charge in [0.1, 0.15) is 0 Å². The zero-order chi connectivity index (χ0) is 14.3. The van der Waals surface area contributed by atoms with E-state index in [0.29, 0.717) is 12.3 Å². The lowest BCUT2D eigenvalue weighted by atomic mass is 9.87. The van der Waals surface area contributed by atoms with E-state index in [1.54, 1.807) is 12.1 Å². The molecule has 1 aromatic carbocycles. The lowest BCUT2D eigenvalue weighted by Gasteiger charge is -2.23. The molecule has 0 heterocycles. The van der Waals surface area contributed by atoms with E-state index in [0.717, 1.165) is 31.2 Å². The van der Waals surface area contributed by atoms with Crippen LogP contribution in [0.1, 0.15) is 45.1 Å². The number of benzene rings is 1. The second-order valence-corrected chi connectivity index (χ2v) is 5.09. The fourth-order valence-corrected chi connectivity index (χ4v) is 2.60. The Morgan fingerprint density at radius 1 is 1.21 bits per heavy atom. The number of para-hydroxylation sites is 1. The minimum Gasteiger partial charge on any atom is -0.327 e. The van der Waals surface area contributed by atoms with Crippen LogP contribution in [0.2, 0.25) is 0 Å². The van der Waals surface area contributed by atoms with Crippen molar-refractivity contribution in [2.75, 3.05) is 0 Å². The Kier molecular flexibility index (Phi) is 6.50. The van der Waals surface area contributed by atoms with Gasteiger partial charge in [0.15, 0.2) is 0 Å². The van der Waals surface area contributed by atoms with Crippen LogP contribution in [-0.2, 0) is 6.42 Å². The summed E-state index contributed by atoms with van der Waals surface area (Å²) in [5.41, 5.74) is 7.20. The summed E-state index contributed by atoms with van der Waals surface area (Å²) in [6.45, 7) is 4.31. The van der Waals surface area contributed by atoms with Crippen LogP contribution < -0.4 is 5.73 Å². The SMILES string of the molecule is CCCC(CCC)C(N)Cc1ccccc1[N+](=O)[O-]. The van der Waals surface area contributed by atoms with Gasteiger partial charge in [0, 0.05) is 17.7 Å². The van der Waals surface area contributed by atoms with Crippen LogP contribution >= 0.6 is 0 Å². The first-order chi connectivity index (χ1) is 9.10. The number of nitrogens with zero attached hydrogens (tertiary/aromatic N) is 1. The van der Waals surface area contributed by atoms with Crippen LogP contribution in [-0.4, -0.2) is 11.0 Å². The maximum Gasteiger partial charge on any atom is 0.272 e. The first-order valence-electron chi connectivity index (χ1n) is 7.08. The normalized spacial score (nSPS) is 12.6. The predicted molar refractivity (Wildman–Crippen MR) is 78.1 cm³/mol. The highest BCUT2D eigenvalue weighted by Crippen LogP contribution is 2.24. The van der Waals surface area contributed by atoms with Crippen LogP contribution in [0, 0.1) is 16.0 Å². The standard InChI is InChI=1S/C15H24N2O2/c1-3-7-12(8-4-2)14(16)11-13-9-5-6-10-15(13)17(18)19/h5-6,9-10,12,14H,3-4,7-8,11,16H2,1-2H3. The fraction of sp³-hybridized carbons (Fsp3) is 0.600. The molecule has 4 heteroatoms. The molecule has 0 aromatic heterocycles. The van der Waals surface area contributed by atoms with Crippen LogP contribution in [0.15, 0.2) is 24.3 Å². The molecule has 0 aliphatic heterocycles. The predicted octanol–water partition coefficient (Wildman–Crippen LogP) is 3.68. The highest BCUT2D eigenvalue weighted by molar-refractivity contribution is 5.40. The molecule has 1 atom stereocenters. The monoisotopic (exact) mass is 264 g/mol. The van der Waals surface area contributed by atoms with E-state index in [1.165, 1.54) is 0 Å². The van der Waals surface area contributed by atoms with Crippen molar-refractivity contribution in [2.24, 2.45) is 11.7 Å². The van der Waals surface area contributed by atoms with E-state index in [4.69, 9.17) is 5.73 Å². The minimum absolute atomic E-state index is 0.000926. The van der Waals surface area contributed by atoms with E-state index in [9.17, 15) is 10.1 Å². The van der Waals surface area contributed by atoms with Gasteiger partial charge in [0.05, 0.1) is 4.92 Å². The van der Waals surface area contributed by atoms with Gasteiger partial charge in [0.25, 0.3) is 5.69 Å². The van der Waals surface area contributed by atoms with E-state index in [1.807, 2.05) is 12.1 Å². The van der Waals surface area contributed by atoms with Gasteiger partial charge in [-0.15, -0.1) is 0 Å². The summed E-state index contributed by atoms with van der Waals surface area (Å²) >= 11 is 0. The van der Waals surface area contributed by atoms with Gasteiger partial charge in [-0.05, 0) is 25.2 Å². The molecular formula is C15H24N2O2. The number of rotatable bonds is 8. The fourth-order valence-electron chi connectivity index (χ4n) is 2.60. The number of nitro groups is 1. The molecule has 4 nitrogen and oxygen atoms in total. The van der Waals surface area contributed by atoms with Crippen molar-refractivity contribution in [1.29, 1.82) is 0 Å². The van der Waals surface area contributed by atoms with Crippen LogP contribution in [0.5, 0.6) is 0 Å². The summed E-state index contributed by atoms with van der Waals surface area (Å²) in [6, 6.07) is 6.90. The third-order valence-electron chi connectivity index (χ3n) is 3.57. The quantitative estimate of drug-likeness (QED) is 0.575. The van der Waals surface area contributed by atoms with Crippen molar-refractivity contribution in [3.05, 3.63) is 39.9 Å². The van der Waals surface area contributed by atoms with Gasteiger partial charge >= 0.3 is 0 Å². The molecule has 0 aliphatic rings. The second kappa shape index (κ2) is 7.89. The minimum atomic E-state index is -0.323. The average Bonchev–Trinajstić information content (AvgIpc) is 2.38. The van der Waals surface area contributed by atoms with Gasteiger partial charge in [-0.3, -0.25) is 10.1 Å². The first-order valence-corrected chi connectivity index (χ1v) is 7.08. The number of nitro benzene ring substituents is 1. The molecule has 2 N–H and O–H groups in total. The highest BCUT2D eigenvalue weighted by atomic mass is 16.6. The summed E-state index contributed by atoms with van der Waals surface area (Å²) in [6.07, 6.45) is 4.98. The first kappa shape index (κ1) is 15.6. The summed E-state index contributed by atoms with van der Waals surface area (Å²) in [5.74, 6) is 0.454. The molecule has 1 aromatic rings. The van der Waals surface area contributed by atoms with Crippen molar-refractivity contribution in [3.63, 3.8) is 0 Å². The lowest BCUT2D eigenvalue weighted by Crippen LogP contribution is -2.32. The van der Waals surface area contributed by atoms with Crippen molar-refractivity contribution in [2.45, 2.75) is 52.0 Å². The van der Waals surface area contributed by atoms with Crippen molar-refractivity contribution < 1.29 is 4.92 Å². The smallest absolute Gasteiger partial charge is 0.272 e. The van der Waals surface area contributed by atoms with Crippen molar-refractivity contribution in [3.8, 4) is 0 Å². The summed E-state index contributed by atoms with van der Waals surface area (Å²) in [4.78, 5) is 10.7. The Bertz CT molecular complexity index is 401. The van der Waals surface area contributed by atoms with Crippen LogP contribution in [0.4, 0.5) is 5.69 Å². The van der Waals surface area contributed by atoms with Gasteiger partial charge in [0.2, 0.25) is 0 Å². The van der Waals surface area contributed by atoms with E-state index in [2.05, 4.69) is 13.8 Å². The van der Waals surface area contributed by atoms with Crippen molar-refractivity contribution >= 4 is 5.69 Å². The molecule has 0 spiro atoms. The number of hydrogen-bond acceptors (Lipinski definition) is 3. The second-order valence-electron chi connectivity index (χ2n) is 5.09. The Morgan fingerprint density at radius 3 is 2.32 bits per heavy atom. The molecule has 106 valence electrons. The zero-order valence-corrected chi connectivity index (χ0v) is 11.8. The molecule has 1 rings (SSSR count). The van der Waals surface area contributed by atoms with Gasteiger partial charge in [-0.25, -0.2) is 0 Å². The molecule has 0 amide bonds. The summed E-state index contributed by atoms with van der Waals surface area (Å²) in [5, 5.41) is 11.0. The molecule has 0 saturated heterocycles. The molecule has 0 aliphatic carbocycles. The highest BCUT2D eigenvalue weighted by Gasteiger charge is 2.20. The molecular weight excluding hydrogens is 240 g/mol. The van der Waals surface area contributed by atoms with E-state index < -0.39 is 0 Å². The Balaban J connectivity index is 2.79. The zero-order valence-electron chi connectivity index (χ0n) is 11.8. The molecule has 0 fully saturated rings. The Hall–Kier alpha value is -1.42. The maximum absolute atomic E-state index is 11.0.